The first-order chi connectivity index (χ1) is 8.52. The Hall–Kier alpha value is -1.81. The maximum atomic E-state index is 13.4. The predicted molar refractivity (Wildman–Crippen MR) is 70.3 cm³/mol. The fourth-order valence-electron chi connectivity index (χ4n) is 1.74. The average molecular weight is 267 g/mol. The zero-order valence-electron chi connectivity index (χ0n) is 9.96. The smallest absolute Gasteiger partial charge is 0.143 e. The number of hydrogen-bond donors (Lipinski definition) is 2. The van der Waals surface area contributed by atoms with Crippen LogP contribution in [-0.2, 0) is 0 Å². The van der Waals surface area contributed by atoms with Crippen LogP contribution in [0.4, 0.5) is 4.39 Å². The Morgan fingerprint density at radius 2 is 2.22 bits per heavy atom. The number of nitrogens with zero attached hydrogens (tertiary/aromatic N) is 1. The monoisotopic (exact) mass is 266 g/mol. The first-order valence-electron chi connectivity index (χ1n) is 5.40. The summed E-state index contributed by atoms with van der Waals surface area (Å²) in [7, 11) is 0. The molecule has 0 spiro atoms. The van der Waals surface area contributed by atoms with Crippen LogP contribution in [0.1, 0.15) is 13.8 Å². The number of nitrogens with one attached hydrogen (secondary N) is 1. The third-order valence-electron chi connectivity index (χ3n) is 2.60. The summed E-state index contributed by atoms with van der Waals surface area (Å²) in [6.07, 6.45) is 1.75. The second-order valence-electron chi connectivity index (χ2n) is 3.83. The van der Waals surface area contributed by atoms with Crippen molar-refractivity contribution in [2.24, 2.45) is 0 Å². The number of rotatable bonds is 1. The van der Waals surface area contributed by atoms with Gasteiger partial charge in [0.1, 0.15) is 22.4 Å². The molecule has 3 nitrogen and oxygen atoms in total. The van der Waals surface area contributed by atoms with Crippen molar-refractivity contribution < 1.29 is 9.50 Å². The first-order valence-corrected chi connectivity index (χ1v) is 5.78. The largest absolute Gasteiger partial charge is 0.506 e. The molecule has 94 valence electrons. The molecule has 2 N–H and O–H groups in total. The number of aromatic hydroxyl groups is 1. The van der Waals surface area contributed by atoms with Crippen LogP contribution in [0.5, 0.6) is 5.75 Å². The molecule has 0 aromatic carbocycles. The molecule has 18 heavy (non-hydrogen) atoms. The number of hydrogen-bond acceptors (Lipinski definition) is 2. The summed E-state index contributed by atoms with van der Waals surface area (Å²) in [6.45, 7) is 3.18. The van der Waals surface area contributed by atoms with E-state index in [2.05, 4.69) is 9.97 Å². The molecular formula is C13H12ClFN2O. The van der Waals surface area contributed by atoms with Gasteiger partial charge in [0.2, 0.25) is 0 Å². The molecule has 5 heteroatoms. The van der Waals surface area contributed by atoms with Gasteiger partial charge in [0.25, 0.3) is 0 Å². The van der Waals surface area contributed by atoms with Gasteiger partial charge in [0.05, 0.1) is 5.69 Å². The van der Waals surface area contributed by atoms with E-state index in [9.17, 15) is 9.50 Å². The first kappa shape index (κ1) is 12.6. The summed E-state index contributed by atoms with van der Waals surface area (Å²) in [5, 5.41) is 11.1. The van der Waals surface area contributed by atoms with E-state index in [4.69, 9.17) is 11.6 Å². The maximum absolute atomic E-state index is 13.4. The molecule has 2 heterocycles. The second-order valence-corrected chi connectivity index (χ2v) is 4.22. The SMILES string of the molecule is CC=c1[nH]c(-c2nc(Cl)ccc2O)cc1=C(C)F. The third-order valence-corrected chi connectivity index (χ3v) is 2.81. The lowest BCUT2D eigenvalue weighted by molar-refractivity contribution is 0.475. The summed E-state index contributed by atoms with van der Waals surface area (Å²) in [5.74, 6) is -0.307. The second kappa shape index (κ2) is 4.82. The van der Waals surface area contributed by atoms with Crippen LogP contribution in [0.25, 0.3) is 23.3 Å². The molecule has 0 aliphatic carbocycles. The summed E-state index contributed by atoms with van der Waals surface area (Å²) in [6, 6.07) is 4.54. The van der Waals surface area contributed by atoms with E-state index in [0.29, 0.717) is 22.0 Å². The van der Waals surface area contributed by atoms with Crippen LogP contribution < -0.4 is 10.6 Å². The minimum Gasteiger partial charge on any atom is -0.506 e. The minimum atomic E-state index is -0.299. The molecule has 0 saturated carbocycles. The van der Waals surface area contributed by atoms with Gasteiger partial charge in [-0.1, -0.05) is 17.7 Å². The fourth-order valence-corrected chi connectivity index (χ4v) is 1.88. The quantitative estimate of drug-likeness (QED) is 0.779. The van der Waals surface area contributed by atoms with E-state index in [1.807, 2.05) is 0 Å². The van der Waals surface area contributed by atoms with Crippen LogP contribution in [0, 0.1) is 0 Å². The minimum absolute atomic E-state index is 0.00800. The molecule has 0 radical (unpaired) electrons. The Balaban J connectivity index is 2.74. The third kappa shape index (κ3) is 2.24. The van der Waals surface area contributed by atoms with Crippen molar-refractivity contribution in [2.75, 3.05) is 0 Å². The van der Waals surface area contributed by atoms with Crippen molar-refractivity contribution in [3.63, 3.8) is 0 Å². The van der Waals surface area contributed by atoms with E-state index < -0.39 is 0 Å². The molecule has 2 aromatic heterocycles. The van der Waals surface area contributed by atoms with Crippen molar-refractivity contribution in [1.82, 2.24) is 9.97 Å². The topological polar surface area (TPSA) is 48.9 Å². The van der Waals surface area contributed by atoms with Crippen molar-refractivity contribution in [1.29, 1.82) is 0 Å². The molecule has 2 aromatic rings. The molecule has 0 saturated heterocycles. The van der Waals surface area contributed by atoms with E-state index >= 15 is 0 Å². The number of halogens is 2. The lowest BCUT2D eigenvalue weighted by atomic mass is 10.2. The Kier molecular flexibility index (Phi) is 3.39. The van der Waals surface area contributed by atoms with Gasteiger partial charge in [0.15, 0.2) is 0 Å². The zero-order valence-corrected chi connectivity index (χ0v) is 10.7. The Morgan fingerprint density at radius 3 is 2.78 bits per heavy atom. The highest BCUT2D eigenvalue weighted by atomic mass is 35.5. The summed E-state index contributed by atoms with van der Waals surface area (Å²) in [5.41, 5.74) is 0.827. The lowest BCUT2D eigenvalue weighted by Crippen LogP contribution is -2.22. The maximum Gasteiger partial charge on any atom is 0.143 e. The van der Waals surface area contributed by atoms with Gasteiger partial charge in [-0.25, -0.2) is 9.37 Å². The molecule has 0 atom stereocenters. The number of H-pyrrole nitrogens is 1. The molecule has 2 rings (SSSR count). The number of aromatic nitrogens is 2. The van der Waals surface area contributed by atoms with Gasteiger partial charge in [-0.05, 0) is 32.0 Å². The molecule has 0 aliphatic rings. The molecule has 0 bridgehead atoms. The van der Waals surface area contributed by atoms with Crippen LogP contribution in [0.2, 0.25) is 5.15 Å². The van der Waals surface area contributed by atoms with Crippen molar-refractivity contribution in [2.45, 2.75) is 13.8 Å². The van der Waals surface area contributed by atoms with Crippen LogP contribution in [0.15, 0.2) is 18.2 Å². The van der Waals surface area contributed by atoms with Crippen LogP contribution in [-0.4, -0.2) is 15.1 Å². The van der Waals surface area contributed by atoms with Crippen molar-refractivity contribution in [3.05, 3.63) is 33.9 Å². The predicted octanol–water partition coefficient (Wildman–Crippen LogP) is 2.33. The van der Waals surface area contributed by atoms with Crippen LogP contribution >= 0.6 is 11.6 Å². The highest BCUT2D eigenvalue weighted by Gasteiger charge is 2.09. The normalized spacial score (nSPS) is 13.9. The fraction of sp³-hybridized carbons (Fsp3) is 0.154. The standard InChI is InChI=1S/C13H12ClFN2O/c1-3-9-8(7(2)15)6-10(16-9)13-11(18)4-5-12(14)17-13/h3-6,16,18H,1-2H3. The Labute approximate surface area is 108 Å². The summed E-state index contributed by atoms with van der Waals surface area (Å²) < 4.78 is 13.4. The number of pyridine rings is 1. The van der Waals surface area contributed by atoms with Crippen LogP contribution in [0.3, 0.4) is 0 Å². The molecule has 0 unspecified atom stereocenters. The number of aromatic amines is 1. The van der Waals surface area contributed by atoms with E-state index in [-0.39, 0.29) is 16.7 Å². The van der Waals surface area contributed by atoms with Gasteiger partial charge < -0.3 is 10.1 Å². The Morgan fingerprint density at radius 1 is 1.50 bits per heavy atom. The molecular weight excluding hydrogens is 255 g/mol. The Bertz CT molecular complexity index is 702. The van der Waals surface area contributed by atoms with Gasteiger partial charge in [-0.15, -0.1) is 0 Å². The molecule has 0 amide bonds. The lowest BCUT2D eigenvalue weighted by Gasteiger charge is -2.00. The van der Waals surface area contributed by atoms with Crippen molar-refractivity contribution in [3.8, 4) is 17.1 Å². The summed E-state index contributed by atoms with van der Waals surface area (Å²) in [4.78, 5) is 7.03. The zero-order chi connectivity index (χ0) is 13.3. The van der Waals surface area contributed by atoms with Gasteiger partial charge in [-0.3, -0.25) is 0 Å². The van der Waals surface area contributed by atoms with Crippen molar-refractivity contribution >= 4 is 23.5 Å². The molecule has 0 aliphatic heterocycles. The van der Waals surface area contributed by atoms with E-state index in [1.165, 1.54) is 19.1 Å². The average Bonchev–Trinajstić information content (AvgIpc) is 2.76. The van der Waals surface area contributed by atoms with Gasteiger partial charge >= 0.3 is 0 Å². The van der Waals surface area contributed by atoms with E-state index in [1.54, 1.807) is 19.1 Å². The highest BCUT2D eigenvalue weighted by molar-refractivity contribution is 6.29. The molecule has 0 fully saturated rings. The van der Waals surface area contributed by atoms with E-state index in [0.717, 1.165) is 0 Å². The highest BCUT2D eigenvalue weighted by Crippen LogP contribution is 2.25. The summed E-state index contributed by atoms with van der Waals surface area (Å²) >= 11 is 5.79. The van der Waals surface area contributed by atoms with Gasteiger partial charge in [-0.2, -0.15) is 0 Å². The van der Waals surface area contributed by atoms with Gasteiger partial charge in [0, 0.05) is 10.6 Å².